The first-order chi connectivity index (χ1) is 9.12. The minimum Gasteiger partial charge on any atom is -0.496 e. The Balaban J connectivity index is 0.00000361. The summed E-state index contributed by atoms with van der Waals surface area (Å²) in [5, 5.41) is 0. The van der Waals surface area contributed by atoms with Crippen LogP contribution in [0.1, 0.15) is 44.2 Å². The Morgan fingerprint density at radius 2 is 1.60 bits per heavy atom. The van der Waals surface area contributed by atoms with Crippen molar-refractivity contribution in [1.29, 1.82) is 0 Å². The predicted octanol–water partition coefficient (Wildman–Crippen LogP) is 3.75. The van der Waals surface area contributed by atoms with Crippen molar-refractivity contribution in [3.8, 4) is 11.5 Å². The predicted molar refractivity (Wildman–Crippen MR) is 87.4 cm³/mol. The van der Waals surface area contributed by atoms with Gasteiger partial charge in [0, 0.05) is 6.04 Å². The van der Waals surface area contributed by atoms with Crippen molar-refractivity contribution in [2.75, 3.05) is 14.2 Å². The highest BCUT2D eigenvalue weighted by molar-refractivity contribution is 5.85. The monoisotopic (exact) mass is 301 g/mol. The van der Waals surface area contributed by atoms with Gasteiger partial charge >= 0.3 is 0 Å². The second-order valence-electron chi connectivity index (χ2n) is 5.11. The molecule has 20 heavy (non-hydrogen) atoms. The Labute approximate surface area is 129 Å². The molecule has 0 aliphatic rings. The van der Waals surface area contributed by atoms with Crippen LogP contribution in [0, 0.1) is 0 Å². The second kappa shape index (κ2) is 9.89. The van der Waals surface area contributed by atoms with Gasteiger partial charge in [0.25, 0.3) is 0 Å². The van der Waals surface area contributed by atoms with Gasteiger partial charge in [0.05, 0.1) is 14.2 Å². The van der Waals surface area contributed by atoms with E-state index in [0.717, 1.165) is 29.9 Å². The van der Waals surface area contributed by atoms with Gasteiger partial charge in [-0.2, -0.15) is 0 Å². The first-order valence-electron chi connectivity index (χ1n) is 7.11. The van der Waals surface area contributed by atoms with Crippen LogP contribution in [0.3, 0.4) is 0 Å². The third kappa shape index (κ3) is 5.59. The van der Waals surface area contributed by atoms with Crippen LogP contribution in [-0.4, -0.2) is 20.3 Å². The van der Waals surface area contributed by atoms with E-state index < -0.39 is 0 Å². The number of ether oxygens (including phenoxy) is 2. The SMILES string of the molecule is CCCCCc1cc(OC)c(CC(C)N)cc1OC.Cl. The molecule has 0 saturated heterocycles. The van der Waals surface area contributed by atoms with Gasteiger partial charge < -0.3 is 15.2 Å². The Morgan fingerprint density at radius 3 is 2.10 bits per heavy atom. The van der Waals surface area contributed by atoms with Gasteiger partial charge in [0.1, 0.15) is 11.5 Å². The summed E-state index contributed by atoms with van der Waals surface area (Å²) in [6.07, 6.45) is 5.48. The third-order valence-corrected chi connectivity index (χ3v) is 3.28. The average molecular weight is 302 g/mol. The number of halogens is 1. The van der Waals surface area contributed by atoms with Crippen LogP contribution in [0.15, 0.2) is 12.1 Å². The fourth-order valence-corrected chi connectivity index (χ4v) is 2.29. The lowest BCUT2D eigenvalue weighted by Gasteiger charge is -2.16. The molecular formula is C16H28ClNO2. The summed E-state index contributed by atoms with van der Waals surface area (Å²) in [5.74, 6) is 1.87. The molecule has 0 saturated carbocycles. The topological polar surface area (TPSA) is 44.5 Å². The van der Waals surface area contributed by atoms with Gasteiger partial charge in [0.15, 0.2) is 0 Å². The van der Waals surface area contributed by atoms with Crippen LogP contribution in [0.25, 0.3) is 0 Å². The zero-order valence-corrected chi connectivity index (χ0v) is 13.9. The highest BCUT2D eigenvalue weighted by Crippen LogP contribution is 2.30. The van der Waals surface area contributed by atoms with E-state index in [0.29, 0.717) is 0 Å². The molecule has 0 amide bonds. The summed E-state index contributed by atoms with van der Waals surface area (Å²) in [6, 6.07) is 4.29. The molecule has 3 nitrogen and oxygen atoms in total. The molecule has 0 aliphatic heterocycles. The van der Waals surface area contributed by atoms with E-state index in [1.54, 1.807) is 14.2 Å². The lowest BCUT2D eigenvalue weighted by molar-refractivity contribution is 0.393. The van der Waals surface area contributed by atoms with E-state index in [-0.39, 0.29) is 18.4 Å². The van der Waals surface area contributed by atoms with E-state index in [1.165, 1.54) is 24.8 Å². The number of aryl methyl sites for hydroxylation is 1. The maximum atomic E-state index is 5.88. The summed E-state index contributed by atoms with van der Waals surface area (Å²) in [6.45, 7) is 4.21. The van der Waals surface area contributed by atoms with E-state index in [4.69, 9.17) is 15.2 Å². The Morgan fingerprint density at radius 1 is 1.05 bits per heavy atom. The molecule has 4 heteroatoms. The summed E-state index contributed by atoms with van der Waals surface area (Å²) < 4.78 is 11.0. The molecule has 116 valence electrons. The van der Waals surface area contributed by atoms with Crippen LogP contribution < -0.4 is 15.2 Å². The number of rotatable bonds is 8. The molecule has 0 aliphatic carbocycles. The second-order valence-corrected chi connectivity index (χ2v) is 5.11. The molecule has 1 atom stereocenters. The minimum absolute atomic E-state index is 0. The molecule has 1 rings (SSSR count). The summed E-state index contributed by atoms with van der Waals surface area (Å²) in [7, 11) is 3.43. The number of hydrogen-bond acceptors (Lipinski definition) is 3. The summed E-state index contributed by atoms with van der Waals surface area (Å²) in [5.41, 5.74) is 8.22. The normalized spacial score (nSPS) is 11.7. The van der Waals surface area contributed by atoms with Gasteiger partial charge in [-0.3, -0.25) is 0 Å². The molecule has 1 unspecified atom stereocenters. The molecule has 0 fully saturated rings. The smallest absolute Gasteiger partial charge is 0.122 e. The van der Waals surface area contributed by atoms with E-state index in [1.807, 2.05) is 6.92 Å². The molecule has 0 bridgehead atoms. The fourth-order valence-electron chi connectivity index (χ4n) is 2.29. The lowest BCUT2D eigenvalue weighted by Crippen LogP contribution is -2.18. The van der Waals surface area contributed by atoms with Crippen LogP contribution in [0.5, 0.6) is 11.5 Å². The van der Waals surface area contributed by atoms with Crippen LogP contribution in [-0.2, 0) is 12.8 Å². The Hall–Kier alpha value is -0.930. The zero-order chi connectivity index (χ0) is 14.3. The molecule has 0 spiro atoms. The number of benzene rings is 1. The molecule has 0 heterocycles. The van der Waals surface area contributed by atoms with Gasteiger partial charge in [-0.15, -0.1) is 12.4 Å². The molecule has 0 aromatic heterocycles. The number of methoxy groups -OCH3 is 2. The van der Waals surface area contributed by atoms with E-state index >= 15 is 0 Å². The average Bonchev–Trinajstić information content (AvgIpc) is 2.39. The Kier molecular flexibility index (Phi) is 9.43. The van der Waals surface area contributed by atoms with E-state index in [2.05, 4.69) is 19.1 Å². The Bertz CT molecular complexity index is 394. The first-order valence-corrected chi connectivity index (χ1v) is 7.11. The molecular weight excluding hydrogens is 274 g/mol. The highest BCUT2D eigenvalue weighted by atomic mass is 35.5. The highest BCUT2D eigenvalue weighted by Gasteiger charge is 2.12. The van der Waals surface area contributed by atoms with Crippen molar-refractivity contribution in [2.24, 2.45) is 5.73 Å². The standard InChI is InChI=1S/C16H27NO2.ClH/c1-5-6-7-8-13-10-16(19-4)14(9-12(2)17)11-15(13)18-3;/h10-12H,5-9,17H2,1-4H3;1H. The van der Waals surface area contributed by atoms with Crippen molar-refractivity contribution in [1.82, 2.24) is 0 Å². The van der Waals surface area contributed by atoms with Crippen LogP contribution in [0.4, 0.5) is 0 Å². The maximum absolute atomic E-state index is 5.88. The van der Waals surface area contributed by atoms with Crippen molar-refractivity contribution < 1.29 is 9.47 Å². The number of nitrogens with two attached hydrogens (primary N) is 1. The first kappa shape index (κ1) is 19.1. The van der Waals surface area contributed by atoms with Crippen molar-refractivity contribution >= 4 is 12.4 Å². The van der Waals surface area contributed by atoms with E-state index in [9.17, 15) is 0 Å². The zero-order valence-electron chi connectivity index (χ0n) is 13.1. The molecule has 2 N–H and O–H groups in total. The lowest BCUT2D eigenvalue weighted by atomic mass is 10.00. The summed E-state index contributed by atoms with van der Waals surface area (Å²) in [4.78, 5) is 0. The number of unbranched alkanes of at least 4 members (excludes halogenated alkanes) is 2. The maximum Gasteiger partial charge on any atom is 0.122 e. The third-order valence-electron chi connectivity index (χ3n) is 3.28. The van der Waals surface area contributed by atoms with Gasteiger partial charge in [-0.05, 0) is 49.4 Å². The van der Waals surface area contributed by atoms with Crippen LogP contribution in [0.2, 0.25) is 0 Å². The fraction of sp³-hybridized carbons (Fsp3) is 0.625. The van der Waals surface area contributed by atoms with Crippen LogP contribution >= 0.6 is 12.4 Å². The van der Waals surface area contributed by atoms with Gasteiger partial charge in [-0.1, -0.05) is 19.8 Å². The number of hydrogen-bond donors (Lipinski definition) is 1. The van der Waals surface area contributed by atoms with Crippen molar-refractivity contribution in [2.45, 2.75) is 52.0 Å². The quantitative estimate of drug-likeness (QED) is 0.744. The van der Waals surface area contributed by atoms with Gasteiger partial charge in [-0.25, -0.2) is 0 Å². The largest absolute Gasteiger partial charge is 0.496 e. The van der Waals surface area contributed by atoms with Crippen molar-refractivity contribution in [3.63, 3.8) is 0 Å². The molecule has 1 aromatic rings. The van der Waals surface area contributed by atoms with Crippen molar-refractivity contribution in [3.05, 3.63) is 23.3 Å². The minimum atomic E-state index is 0. The van der Waals surface area contributed by atoms with Gasteiger partial charge in [0.2, 0.25) is 0 Å². The molecule has 0 radical (unpaired) electrons. The molecule has 1 aromatic carbocycles. The summed E-state index contributed by atoms with van der Waals surface area (Å²) >= 11 is 0.